The lowest BCUT2D eigenvalue weighted by Gasteiger charge is -2.00. The van der Waals surface area contributed by atoms with Crippen molar-refractivity contribution in [2.75, 3.05) is 6.61 Å². The fraction of sp³-hybridized carbons (Fsp3) is 0.556. The van der Waals surface area contributed by atoms with Crippen molar-refractivity contribution in [3.05, 3.63) is 23.2 Å². The molecule has 1 aliphatic rings. The van der Waals surface area contributed by atoms with Gasteiger partial charge in [-0.05, 0) is 26.8 Å². The Labute approximate surface area is 66.2 Å². The number of aryl methyl sites for hydroxylation is 2. The van der Waals surface area contributed by atoms with E-state index < -0.39 is 0 Å². The van der Waals surface area contributed by atoms with Crippen LogP contribution >= 0.6 is 0 Å². The monoisotopic (exact) mass is 152 g/mol. The normalized spacial score (nSPS) is 29.0. The maximum atomic E-state index is 5.40. The second kappa shape index (κ2) is 1.89. The molecular formula is C9H12O2. The van der Waals surface area contributed by atoms with E-state index in [4.69, 9.17) is 9.15 Å². The maximum Gasteiger partial charge on any atom is 0.117 e. The minimum atomic E-state index is -0.0398. The molecular weight excluding hydrogens is 140 g/mol. The predicted molar refractivity (Wildman–Crippen MR) is 41.5 cm³/mol. The zero-order valence-electron chi connectivity index (χ0n) is 7.10. The van der Waals surface area contributed by atoms with Crippen molar-refractivity contribution in [2.24, 2.45) is 0 Å². The molecule has 11 heavy (non-hydrogen) atoms. The van der Waals surface area contributed by atoms with E-state index in [1.165, 1.54) is 5.56 Å². The van der Waals surface area contributed by atoms with Crippen LogP contribution in [0.5, 0.6) is 0 Å². The van der Waals surface area contributed by atoms with Gasteiger partial charge in [-0.3, -0.25) is 0 Å². The number of hydrogen-bond donors (Lipinski definition) is 0. The molecule has 2 nitrogen and oxygen atoms in total. The first-order chi connectivity index (χ1) is 5.12. The highest BCUT2D eigenvalue weighted by Gasteiger charge is 2.43. The van der Waals surface area contributed by atoms with Crippen LogP contribution in [0.1, 0.15) is 24.0 Å². The van der Waals surface area contributed by atoms with Crippen LogP contribution < -0.4 is 0 Å². The van der Waals surface area contributed by atoms with Crippen LogP contribution in [0, 0.1) is 13.8 Å². The summed E-state index contributed by atoms with van der Waals surface area (Å²) in [5.74, 6) is 1.96. The summed E-state index contributed by atoms with van der Waals surface area (Å²) in [6.07, 6.45) is 0. The van der Waals surface area contributed by atoms with Gasteiger partial charge in [-0.25, -0.2) is 0 Å². The predicted octanol–water partition coefficient (Wildman–Crippen LogP) is 2.14. The Balaban J connectivity index is 2.44. The smallest absolute Gasteiger partial charge is 0.117 e. The third-order valence-corrected chi connectivity index (χ3v) is 2.19. The van der Waals surface area contributed by atoms with Gasteiger partial charge in [-0.15, -0.1) is 0 Å². The molecule has 1 aliphatic heterocycles. The molecule has 1 atom stereocenters. The van der Waals surface area contributed by atoms with E-state index in [0.29, 0.717) is 0 Å². The lowest BCUT2D eigenvalue weighted by atomic mass is 10.0. The van der Waals surface area contributed by atoms with Crippen LogP contribution in [-0.4, -0.2) is 6.61 Å². The van der Waals surface area contributed by atoms with E-state index >= 15 is 0 Å². The van der Waals surface area contributed by atoms with Crippen LogP contribution in [0.2, 0.25) is 0 Å². The standard InChI is InChI=1S/C9H12O2/c1-6-4-8(7(2)11-6)9(3)5-10-9/h4H,5H2,1-3H3. The fourth-order valence-electron chi connectivity index (χ4n) is 1.42. The average Bonchev–Trinajstić information content (AvgIpc) is 2.55. The Bertz CT molecular complexity index is 282. The molecule has 0 radical (unpaired) electrons. The highest BCUT2D eigenvalue weighted by atomic mass is 16.6. The molecule has 0 aromatic carbocycles. The summed E-state index contributed by atoms with van der Waals surface area (Å²) >= 11 is 0. The molecule has 0 saturated carbocycles. The Morgan fingerprint density at radius 3 is 2.45 bits per heavy atom. The van der Waals surface area contributed by atoms with Crippen LogP contribution in [0.15, 0.2) is 10.5 Å². The van der Waals surface area contributed by atoms with E-state index in [2.05, 4.69) is 13.0 Å². The van der Waals surface area contributed by atoms with E-state index in [0.717, 1.165) is 18.1 Å². The molecule has 60 valence electrons. The van der Waals surface area contributed by atoms with E-state index in [9.17, 15) is 0 Å². The molecule has 1 aromatic heterocycles. The summed E-state index contributed by atoms with van der Waals surface area (Å²) in [6.45, 7) is 6.86. The summed E-state index contributed by atoms with van der Waals surface area (Å²) in [5.41, 5.74) is 1.16. The van der Waals surface area contributed by atoms with Gasteiger partial charge < -0.3 is 9.15 Å². The summed E-state index contributed by atoms with van der Waals surface area (Å²) in [4.78, 5) is 0. The molecule has 0 N–H and O–H groups in total. The topological polar surface area (TPSA) is 25.7 Å². The Morgan fingerprint density at radius 1 is 1.45 bits per heavy atom. The van der Waals surface area contributed by atoms with Crippen LogP contribution in [0.4, 0.5) is 0 Å². The van der Waals surface area contributed by atoms with Crippen molar-refractivity contribution in [3.63, 3.8) is 0 Å². The third kappa shape index (κ3) is 0.979. The van der Waals surface area contributed by atoms with Crippen molar-refractivity contribution < 1.29 is 9.15 Å². The quantitative estimate of drug-likeness (QED) is 0.576. The lowest BCUT2D eigenvalue weighted by Crippen LogP contribution is -2.01. The second-order valence-electron chi connectivity index (χ2n) is 3.35. The Kier molecular flexibility index (Phi) is 1.19. The molecule has 0 amide bonds. The number of ether oxygens (including phenoxy) is 1. The fourth-order valence-corrected chi connectivity index (χ4v) is 1.42. The number of epoxide rings is 1. The van der Waals surface area contributed by atoms with Gasteiger partial charge in [0.1, 0.15) is 17.1 Å². The minimum Gasteiger partial charge on any atom is -0.466 e. The van der Waals surface area contributed by atoms with Crippen molar-refractivity contribution in [1.82, 2.24) is 0 Å². The molecule has 1 saturated heterocycles. The molecule has 1 fully saturated rings. The van der Waals surface area contributed by atoms with Crippen LogP contribution in [0.3, 0.4) is 0 Å². The van der Waals surface area contributed by atoms with Gasteiger partial charge in [0.25, 0.3) is 0 Å². The molecule has 2 rings (SSSR count). The van der Waals surface area contributed by atoms with Crippen molar-refractivity contribution in [1.29, 1.82) is 0 Å². The third-order valence-electron chi connectivity index (χ3n) is 2.19. The van der Waals surface area contributed by atoms with Gasteiger partial charge in [0.15, 0.2) is 0 Å². The van der Waals surface area contributed by atoms with Gasteiger partial charge in [-0.2, -0.15) is 0 Å². The molecule has 2 heterocycles. The van der Waals surface area contributed by atoms with Gasteiger partial charge in [0.2, 0.25) is 0 Å². The Morgan fingerprint density at radius 2 is 2.09 bits per heavy atom. The molecule has 1 aromatic rings. The van der Waals surface area contributed by atoms with Gasteiger partial charge in [0, 0.05) is 5.56 Å². The first-order valence-electron chi connectivity index (χ1n) is 3.83. The summed E-state index contributed by atoms with van der Waals surface area (Å²) in [5, 5.41) is 0. The molecule has 0 bridgehead atoms. The Hall–Kier alpha value is -0.760. The highest BCUT2D eigenvalue weighted by molar-refractivity contribution is 5.29. The van der Waals surface area contributed by atoms with Crippen molar-refractivity contribution in [3.8, 4) is 0 Å². The summed E-state index contributed by atoms with van der Waals surface area (Å²) < 4.78 is 10.7. The zero-order chi connectivity index (χ0) is 8.06. The maximum absolute atomic E-state index is 5.40. The first kappa shape index (κ1) is 6.92. The zero-order valence-corrected chi connectivity index (χ0v) is 7.10. The second-order valence-corrected chi connectivity index (χ2v) is 3.35. The molecule has 2 heteroatoms. The van der Waals surface area contributed by atoms with Gasteiger partial charge in [-0.1, -0.05) is 0 Å². The average molecular weight is 152 g/mol. The van der Waals surface area contributed by atoms with Crippen molar-refractivity contribution >= 4 is 0 Å². The number of rotatable bonds is 1. The molecule has 1 unspecified atom stereocenters. The first-order valence-corrected chi connectivity index (χ1v) is 3.83. The number of furan rings is 1. The SMILES string of the molecule is Cc1cc(C2(C)CO2)c(C)o1. The highest BCUT2D eigenvalue weighted by Crippen LogP contribution is 2.40. The lowest BCUT2D eigenvalue weighted by molar-refractivity contribution is 0.325. The van der Waals surface area contributed by atoms with E-state index in [1.807, 2.05) is 13.8 Å². The van der Waals surface area contributed by atoms with Crippen LogP contribution in [0.25, 0.3) is 0 Å². The van der Waals surface area contributed by atoms with Crippen LogP contribution in [-0.2, 0) is 10.3 Å². The number of hydrogen-bond acceptors (Lipinski definition) is 2. The largest absolute Gasteiger partial charge is 0.466 e. The summed E-state index contributed by atoms with van der Waals surface area (Å²) in [6, 6.07) is 2.06. The van der Waals surface area contributed by atoms with Gasteiger partial charge >= 0.3 is 0 Å². The van der Waals surface area contributed by atoms with E-state index in [1.54, 1.807) is 0 Å². The summed E-state index contributed by atoms with van der Waals surface area (Å²) in [7, 11) is 0. The van der Waals surface area contributed by atoms with Crippen molar-refractivity contribution in [2.45, 2.75) is 26.4 Å². The molecule has 0 aliphatic carbocycles. The minimum absolute atomic E-state index is 0.0398. The van der Waals surface area contributed by atoms with E-state index in [-0.39, 0.29) is 5.60 Å². The van der Waals surface area contributed by atoms with Gasteiger partial charge in [0.05, 0.1) is 6.61 Å². The molecule has 0 spiro atoms.